The van der Waals surface area contributed by atoms with Crippen LogP contribution in [0.5, 0.6) is 0 Å². The molecular formula is C20H29N3O3. The van der Waals surface area contributed by atoms with Crippen molar-refractivity contribution < 1.29 is 14.3 Å². The first kappa shape index (κ1) is 17.7. The SMILES string of the molecule is COCC1CN(C(=O)C2=CCCC2)Cc2cnn(CC3CCOCC3)c21. The topological polar surface area (TPSA) is 56.6 Å². The zero-order valence-electron chi connectivity index (χ0n) is 15.7. The van der Waals surface area contributed by atoms with Gasteiger partial charge in [0, 0.05) is 57.0 Å². The highest BCUT2D eigenvalue weighted by Crippen LogP contribution is 2.32. The van der Waals surface area contributed by atoms with Crippen molar-refractivity contribution in [1.29, 1.82) is 0 Å². The van der Waals surface area contributed by atoms with Crippen molar-refractivity contribution in [2.45, 2.75) is 51.1 Å². The Morgan fingerprint density at radius 1 is 1.38 bits per heavy atom. The molecule has 3 heterocycles. The summed E-state index contributed by atoms with van der Waals surface area (Å²) in [6.07, 6.45) is 9.32. The quantitative estimate of drug-likeness (QED) is 0.810. The Balaban J connectivity index is 1.53. The second-order valence-corrected chi connectivity index (χ2v) is 7.75. The maximum atomic E-state index is 12.9. The summed E-state index contributed by atoms with van der Waals surface area (Å²) in [6.45, 7) is 4.66. The summed E-state index contributed by atoms with van der Waals surface area (Å²) in [4.78, 5) is 14.8. The van der Waals surface area contributed by atoms with E-state index >= 15 is 0 Å². The average molecular weight is 359 g/mol. The molecule has 1 aromatic heterocycles. The van der Waals surface area contributed by atoms with E-state index in [4.69, 9.17) is 9.47 Å². The van der Waals surface area contributed by atoms with Gasteiger partial charge in [0.05, 0.1) is 18.5 Å². The van der Waals surface area contributed by atoms with E-state index in [2.05, 4.69) is 15.9 Å². The molecule has 1 amide bonds. The molecule has 1 aliphatic carbocycles. The summed E-state index contributed by atoms with van der Waals surface area (Å²) in [5.74, 6) is 1.02. The van der Waals surface area contributed by atoms with E-state index in [1.165, 1.54) is 11.3 Å². The van der Waals surface area contributed by atoms with Crippen molar-refractivity contribution in [2.75, 3.05) is 33.5 Å². The standard InChI is InChI=1S/C20H29N3O3/c1-25-14-18-13-22(20(24)16-4-2-3-5-16)12-17-10-21-23(19(17)18)11-15-6-8-26-9-7-15/h4,10,15,18H,2-3,5-9,11-14H2,1H3. The van der Waals surface area contributed by atoms with Crippen LogP contribution in [0.25, 0.3) is 0 Å². The zero-order chi connectivity index (χ0) is 17.9. The Kier molecular flexibility index (Phi) is 5.41. The van der Waals surface area contributed by atoms with E-state index in [9.17, 15) is 4.79 Å². The largest absolute Gasteiger partial charge is 0.384 e. The van der Waals surface area contributed by atoms with Crippen molar-refractivity contribution in [3.05, 3.63) is 29.1 Å². The van der Waals surface area contributed by atoms with Gasteiger partial charge in [0.2, 0.25) is 5.91 Å². The van der Waals surface area contributed by atoms with Crippen molar-refractivity contribution in [1.82, 2.24) is 14.7 Å². The average Bonchev–Trinajstić information content (AvgIpc) is 3.33. The zero-order valence-corrected chi connectivity index (χ0v) is 15.7. The minimum atomic E-state index is 0.192. The number of hydrogen-bond acceptors (Lipinski definition) is 4. The van der Waals surface area contributed by atoms with Gasteiger partial charge in [0.15, 0.2) is 0 Å². The minimum absolute atomic E-state index is 0.192. The summed E-state index contributed by atoms with van der Waals surface area (Å²) < 4.78 is 13.1. The van der Waals surface area contributed by atoms with Crippen LogP contribution in [0.15, 0.2) is 17.8 Å². The molecule has 142 valence electrons. The van der Waals surface area contributed by atoms with Gasteiger partial charge in [-0.1, -0.05) is 6.08 Å². The smallest absolute Gasteiger partial charge is 0.249 e. The molecule has 0 saturated carbocycles. The lowest BCUT2D eigenvalue weighted by molar-refractivity contribution is -0.128. The van der Waals surface area contributed by atoms with Crippen molar-refractivity contribution in [3.63, 3.8) is 0 Å². The van der Waals surface area contributed by atoms with Crippen LogP contribution in [0.1, 0.15) is 49.3 Å². The number of aromatic nitrogens is 2. The molecule has 4 rings (SSSR count). The summed E-state index contributed by atoms with van der Waals surface area (Å²) in [6, 6.07) is 0. The second kappa shape index (κ2) is 7.92. The van der Waals surface area contributed by atoms with Gasteiger partial charge in [-0.15, -0.1) is 0 Å². The third-order valence-electron chi connectivity index (χ3n) is 5.89. The second-order valence-electron chi connectivity index (χ2n) is 7.75. The molecule has 6 nitrogen and oxygen atoms in total. The van der Waals surface area contributed by atoms with Crippen LogP contribution in [0, 0.1) is 5.92 Å². The van der Waals surface area contributed by atoms with Gasteiger partial charge in [0.1, 0.15) is 0 Å². The molecule has 1 saturated heterocycles. The monoisotopic (exact) mass is 359 g/mol. The van der Waals surface area contributed by atoms with Crippen LogP contribution in [0.2, 0.25) is 0 Å². The number of allylic oxidation sites excluding steroid dienone is 1. The van der Waals surface area contributed by atoms with Gasteiger partial charge in [-0.25, -0.2) is 0 Å². The molecule has 6 heteroatoms. The molecule has 1 atom stereocenters. The lowest BCUT2D eigenvalue weighted by Gasteiger charge is -2.34. The predicted molar refractivity (Wildman–Crippen MR) is 97.7 cm³/mol. The van der Waals surface area contributed by atoms with Crippen LogP contribution >= 0.6 is 0 Å². The number of ether oxygens (including phenoxy) is 2. The van der Waals surface area contributed by atoms with E-state index in [1.807, 2.05) is 11.1 Å². The number of rotatable bonds is 5. The van der Waals surface area contributed by atoms with E-state index in [-0.39, 0.29) is 11.8 Å². The molecule has 2 aliphatic heterocycles. The third kappa shape index (κ3) is 3.58. The Bertz CT molecular complexity index is 676. The molecule has 0 N–H and O–H groups in total. The molecule has 26 heavy (non-hydrogen) atoms. The number of carbonyl (C=O) groups is 1. The lowest BCUT2D eigenvalue weighted by Crippen LogP contribution is -2.40. The maximum absolute atomic E-state index is 12.9. The first-order valence-corrected chi connectivity index (χ1v) is 9.86. The predicted octanol–water partition coefficient (Wildman–Crippen LogP) is 2.49. The summed E-state index contributed by atoms with van der Waals surface area (Å²) >= 11 is 0. The van der Waals surface area contributed by atoms with E-state index in [1.54, 1.807) is 7.11 Å². The van der Waals surface area contributed by atoms with Gasteiger partial charge in [-0.05, 0) is 38.0 Å². The molecule has 1 unspecified atom stereocenters. The molecule has 1 fully saturated rings. The first-order valence-electron chi connectivity index (χ1n) is 9.86. The van der Waals surface area contributed by atoms with Crippen LogP contribution < -0.4 is 0 Å². The van der Waals surface area contributed by atoms with E-state index < -0.39 is 0 Å². The minimum Gasteiger partial charge on any atom is -0.384 e. The van der Waals surface area contributed by atoms with Crippen molar-refractivity contribution in [3.8, 4) is 0 Å². The Labute approximate surface area is 155 Å². The maximum Gasteiger partial charge on any atom is 0.249 e. The first-order chi connectivity index (χ1) is 12.8. The Morgan fingerprint density at radius 3 is 2.96 bits per heavy atom. The van der Waals surface area contributed by atoms with E-state index in [0.29, 0.717) is 19.1 Å². The molecule has 0 bridgehead atoms. The lowest BCUT2D eigenvalue weighted by atomic mass is 9.95. The fourth-order valence-electron chi connectivity index (χ4n) is 4.53. The van der Waals surface area contributed by atoms with Gasteiger partial charge in [-0.3, -0.25) is 9.48 Å². The van der Waals surface area contributed by atoms with Crippen LogP contribution in [0.4, 0.5) is 0 Å². The van der Waals surface area contributed by atoms with Gasteiger partial charge in [-0.2, -0.15) is 5.10 Å². The van der Waals surface area contributed by atoms with Gasteiger partial charge in [0.25, 0.3) is 0 Å². The number of methoxy groups -OCH3 is 1. The Hall–Kier alpha value is -1.66. The number of amides is 1. The molecule has 0 radical (unpaired) electrons. The third-order valence-corrected chi connectivity index (χ3v) is 5.89. The normalized spacial score (nSPS) is 23.8. The summed E-state index contributed by atoms with van der Waals surface area (Å²) in [5, 5.41) is 4.68. The fraction of sp³-hybridized carbons (Fsp3) is 0.700. The van der Waals surface area contributed by atoms with E-state index in [0.717, 1.165) is 64.0 Å². The highest BCUT2D eigenvalue weighted by atomic mass is 16.5. The Morgan fingerprint density at radius 2 is 2.23 bits per heavy atom. The highest BCUT2D eigenvalue weighted by Gasteiger charge is 2.33. The van der Waals surface area contributed by atoms with Crippen LogP contribution in [-0.4, -0.2) is 54.1 Å². The fourth-order valence-corrected chi connectivity index (χ4v) is 4.53. The number of nitrogens with zero attached hydrogens (tertiary/aromatic N) is 3. The van der Waals surface area contributed by atoms with Crippen molar-refractivity contribution >= 4 is 5.91 Å². The molecule has 1 aromatic rings. The van der Waals surface area contributed by atoms with Gasteiger partial charge < -0.3 is 14.4 Å². The summed E-state index contributed by atoms with van der Waals surface area (Å²) in [5.41, 5.74) is 3.43. The molecule has 3 aliphatic rings. The van der Waals surface area contributed by atoms with Crippen LogP contribution in [0.3, 0.4) is 0 Å². The van der Waals surface area contributed by atoms with Crippen LogP contribution in [-0.2, 0) is 27.4 Å². The molecule has 0 aromatic carbocycles. The van der Waals surface area contributed by atoms with Gasteiger partial charge >= 0.3 is 0 Å². The highest BCUT2D eigenvalue weighted by molar-refractivity contribution is 5.94. The molecule has 0 spiro atoms. The summed E-state index contributed by atoms with van der Waals surface area (Å²) in [7, 11) is 1.74. The number of fused-ring (bicyclic) bond motifs is 1. The molecular weight excluding hydrogens is 330 g/mol. The van der Waals surface area contributed by atoms with Crippen molar-refractivity contribution in [2.24, 2.45) is 5.92 Å². The number of carbonyl (C=O) groups excluding carboxylic acids is 1. The number of hydrogen-bond donors (Lipinski definition) is 0.